The lowest BCUT2D eigenvalue weighted by Crippen LogP contribution is -2.43. The molecule has 0 amide bonds. The van der Waals surface area contributed by atoms with E-state index in [1.165, 1.54) is 19.9 Å². The standard InChI is InChI=1S/C15H25N3O2S/c1-12(16-2)13-5-4-10-18(11-13)14-6-8-15(9-7-14)21(19,20)17-3/h6-9,12-13,16-17H,4-5,10-11H2,1-3H3. The number of nitrogens with zero attached hydrogens (tertiary/aromatic N) is 1. The first kappa shape index (κ1) is 16.3. The quantitative estimate of drug-likeness (QED) is 0.863. The lowest BCUT2D eigenvalue weighted by Gasteiger charge is -2.37. The average molecular weight is 311 g/mol. The molecular formula is C15H25N3O2S. The van der Waals surface area contributed by atoms with Crippen LogP contribution in [0.1, 0.15) is 19.8 Å². The van der Waals surface area contributed by atoms with Crippen LogP contribution in [0.25, 0.3) is 0 Å². The number of hydrogen-bond acceptors (Lipinski definition) is 4. The molecule has 0 bridgehead atoms. The van der Waals surface area contributed by atoms with Gasteiger partial charge in [-0.15, -0.1) is 0 Å². The number of sulfonamides is 1. The van der Waals surface area contributed by atoms with E-state index in [0.29, 0.717) is 16.9 Å². The molecule has 1 aromatic rings. The fourth-order valence-electron chi connectivity index (χ4n) is 2.84. The van der Waals surface area contributed by atoms with Crippen LogP contribution in [0.3, 0.4) is 0 Å². The maximum Gasteiger partial charge on any atom is 0.240 e. The maximum atomic E-state index is 11.7. The summed E-state index contributed by atoms with van der Waals surface area (Å²) in [7, 11) is 0.0768. The molecule has 1 heterocycles. The molecule has 0 radical (unpaired) electrons. The first-order valence-electron chi connectivity index (χ1n) is 7.43. The van der Waals surface area contributed by atoms with Crippen molar-refractivity contribution in [2.45, 2.75) is 30.7 Å². The molecule has 2 unspecified atom stereocenters. The summed E-state index contributed by atoms with van der Waals surface area (Å²) >= 11 is 0. The highest BCUT2D eigenvalue weighted by atomic mass is 32.2. The number of hydrogen-bond donors (Lipinski definition) is 2. The molecule has 6 heteroatoms. The van der Waals surface area contributed by atoms with E-state index in [0.717, 1.165) is 18.8 Å². The van der Waals surface area contributed by atoms with Crippen molar-refractivity contribution in [3.63, 3.8) is 0 Å². The number of nitrogens with one attached hydrogen (secondary N) is 2. The van der Waals surface area contributed by atoms with Crippen molar-refractivity contribution in [3.05, 3.63) is 24.3 Å². The zero-order valence-electron chi connectivity index (χ0n) is 13.0. The zero-order valence-corrected chi connectivity index (χ0v) is 13.8. The molecule has 2 N–H and O–H groups in total. The van der Waals surface area contributed by atoms with Gasteiger partial charge in [0, 0.05) is 24.8 Å². The molecular weight excluding hydrogens is 286 g/mol. The van der Waals surface area contributed by atoms with E-state index in [2.05, 4.69) is 21.9 Å². The van der Waals surface area contributed by atoms with Gasteiger partial charge in [-0.05, 0) is 64.0 Å². The van der Waals surface area contributed by atoms with Gasteiger partial charge in [0.15, 0.2) is 0 Å². The van der Waals surface area contributed by atoms with Gasteiger partial charge in [-0.3, -0.25) is 0 Å². The van der Waals surface area contributed by atoms with Crippen LogP contribution in [0.15, 0.2) is 29.2 Å². The molecule has 118 valence electrons. The fourth-order valence-corrected chi connectivity index (χ4v) is 3.57. The molecule has 0 saturated carbocycles. The topological polar surface area (TPSA) is 61.4 Å². The maximum absolute atomic E-state index is 11.7. The first-order valence-corrected chi connectivity index (χ1v) is 8.92. The number of benzene rings is 1. The van der Waals surface area contributed by atoms with Crippen LogP contribution in [0.2, 0.25) is 0 Å². The van der Waals surface area contributed by atoms with Crippen LogP contribution in [-0.4, -0.2) is 41.6 Å². The van der Waals surface area contributed by atoms with Crippen LogP contribution in [0, 0.1) is 5.92 Å². The lowest BCUT2D eigenvalue weighted by molar-refractivity contribution is 0.333. The fraction of sp³-hybridized carbons (Fsp3) is 0.600. The van der Waals surface area contributed by atoms with E-state index >= 15 is 0 Å². The van der Waals surface area contributed by atoms with Gasteiger partial charge in [-0.1, -0.05) is 0 Å². The van der Waals surface area contributed by atoms with Gasteiger partial charge >= 0.3 is 0 Å². The second kappa shape index (κ2) is 6.77. The van der Waals surface area contributed by atoms with Crippen molar-refractivity contribution in [3.8, 4) is 0 Å². The summed E-state index contributed by atoms with van der Waals surface area (Å²) in [5.41, 5.74) is 1.10. The van der Waals surface area contributed by atoms with Crippen molar-refractivity contribution < 1.29 is 8.42 Å². The summed E-state index contributed by atoms with van der Waals surface area (Å²) in [6.45, 7) is 4.27. The largest absolute Gasteiger partial charge is 0.371 e. The Hall–Kier alpha value is -1.11. The van der Waals surface area contributed by atoms with Crippen molar-refractivity contribution in [2.75, 3.05) is 32.1 Å². The van der Waals surface area contributed by atoms with Crippen molar-refractivity contribution in [1.82, 2.24) is 10.0 Å². The van der Waals surface area contributed by atoms with Gasteiger partial charge in [-0.25, -0.2) is 13.1 Å². The highest BCUT2D eigenvalue weighted by Crippen LogP contribution is 2.26. The number of rotatable bonds is 5. The van der Waals surface area contributed by atoms with Gasteiger partial charge in [0.25, 0.3) is 0 Å². The Morgan fingerprint density at radius 2 is 1.90 bits per heavy atom. The van der Waals surface area contributed by atoms with E-state index in [1.54, 1.807) is 12.1 Å². The summed E-state index contributed by atoms with van der Waals surface area (Å²) in [6, 6.07) is 7.64. The molecule has 2 atom stereocenters. The highest BCUT2D eigenvalue weighted by molar-refractivity contribution is 7.89. The summed E-state index contributed by atoms with van der Waals surface area (Å²) < 4.78 is 25.8. The van der Waals surface area contributed by atoms with E-state index in [1.807, 2.05) is 19.2 Å². The third-order valence-corrected chi connectivity index (χ3v) is 5.83. The van der Waals surface area contributed by atoms with Crippen LogP contribution in [-0.2, 0) is 10.0 Å². The average Bonchev–Trinajstić information content (AvgIpc) is 2.54. The SMILES string of the molecule is CNC(C)C1CCCN(c2ccc(S(=O)(=O)NC)cc2)C1. The van der Waals surface area contributed by atoms with Crippen molar-refractivity contribution in [1.29, 1.82) is 0 Å². The normalized spacial score (nSPS) is 21.3. The predicted octanol–water partition coefficient (Wildman–Crippen LogP) is 1.42. The smallest absolute Gasteiger partial charge is 0.240 e. The van der Waals surface area contributed by atoms with Crippen LogP contribution >= 0.6 is 0 Å². The Kier molecular flexibility index (Phi) is 5.24. The predicted molar refractivity (Wildman–Crippen MR) is 86.1 cm³/mol. The summed E-state index contributed by atoms with van der Waals surface area (Å²) in [5.74, 6) is 0.629. The van der Waals surface area contributed by atoms with Crippen molar-refractivity contribution in [2.24, 2.45) is 5.92 Å². The van der Waals surface area contributed by atoms with Gasteiger partial charge in [-0.2, -0.15) is 0 Å². The number of piperidine rings is 1. The molecule has 0 aromatic heterocycles. The molecule has 1 aliphatic heterocycles. The first-order chi connectivity index (χ1) is 9.97. The Morgan fingerprint density at radius 3 is 2.48 bits per heavy atom. The molecule has 1 aromatic carbocycles. The second-order valence-corrected chi connectivity index (χ2v) is 7.51. The molecule has 0 spiro atoms. The van der Waals surface area contributed by atoms with Crippen LogP contribution in [0.5, 0.6) is 0 Å². The molecule has 0 aliphatic carbocycles. The Balaban J connectivity index is 2.12. The molecule has 1 fully saturated rings. The van der Waals surface area contributed by atoms with Gasteiger partial charge in [0.1, 0.15) is 0 Å². The van der Waals surface area contributed by atoms with Gasteiger partial charge in [0.05, 0.1) is 4.90 Å². The molecule has 5 nitrogen and oxygen atoms in total. The molecule has 1 aliphatic rings. The minimum absolute atomic E-state index is 0.311. The lowest BCUT2D eigenvalue weighted by atomic mass is 9.91. The molecule has 21 heavy (non-hydrogen) atoms. The van der Waals surface area contributed by atoms with Gasteiger partial charge < -0.3 is 10.2 Å². The molecule has 1 saturated heterocycles. The van der Waals surface area contributed by atoms with Crippen molar-refractivity contribution >= 4 is 15.7 Å². The minimum Gasteiger partial charge on any atom is -0.371 e. The summed E-state index contributed by atoms with van der Waals surface area (Å²) in [5, 5.41) is 3.33. The van der Waals surface area contributed by atoms with E-state index in [9.17, 15) is 8.42 Å². The Morgan fingerprint density at radius 1 is 1.24 bits per heavy atom. The third-order valence-electron chi connectivity index (χ3n) is 4.40. The Labute approximate surface area is 127 Å². The highest BCUT2D eigenvalue weighted by Gasteiger charge is 2.24. The van der Waals surface area contributed by atoms with E-state index in [-0.39, 0.29) is 0 Å². The summed E-state index contributed by atoms with van der Waals surface area (Å²) in [6.07, 6.45) is 2.41. The second-order valence-electron chi connectivity index (χ2n) is 5.63. The minimum atomic E-state index is -3.35. The Bertz CT molecular complexity index is 557. The monoisotopic (exact) mass is 311 g/mol. The number of anilines is 1. The van der Waals surface area contributed by atoms with Crippen LogP contribution in [0.4, 0.5) is 5.69 Å². The summed E-state index contributed by atoms with van der Waals surface area (Å²) in [4.78, 5) is 2.66. The molecule has 2 rings (SSSR count). The van der Waals surface area contributed by atoms with E-state index < -0.39 is 10.0 Å². The van der Waals surface area contributed by atoms with Crippen LogP contribution < -0.4 is 14.9 Å². The zero-order chi connectivity index (χ0) is 15.5. The van der Waals surface area contributed by atoms with Gasteiger partial charge in [0.2, 0.25) is 10.0 Å². The third kappa shape index (κ3) is 3.75. The van der Waals surface area contributed by atoms with E-state index in [4.69, 9.17) is 0 Å².